The first-order valence-corrected chi connectivity index (χ1v) is 7.64. The standard InChI is InChI=1S/C20H27O/c1-16(8-6-9-17(2)13-15-21)11-12-19-18(3)10-7-14-20(19,4)5/h6,8-9,11-13H,7,10,14H2,1-5H3/b9-6?,12-11?,16-8?,17-13+. The Kier molecular flexibility index (Phi) is 6.61. The molecule has 0 atom stereocenters. The molecule has 0 fully saturated rings. The number of rotatable bonds is 5. The van der Waals surface area contributed by atoms with Crippen LogP contribution in [0.2, 0.25) is 0 Å². The predicted molar refractivity (Wildman–Crippen MR) is 91.8 cm³/mol. The summed E-state index contributed by atoms with van der Waals surface area (Å²) >= 11 is 0. The van der Waals surface area contributed by atoms with E-state index in [0.717, 1.165) is 5.57 Å². The Morgan fingerprint density at radius 3 is 2.52 bits per heavy atom. The lowest BCUT2D eigenvalue weighted by atomic mass is 9.72. The van der Waals surface area contributed by atoms with Crippen LogP contribution in [0.25, 0.3) is 0 Å². The number of hydrogen-bond donors (Lipinski definition) is 0. The second-order valence-corrected chi connectivity index (χ2v) is 6.54. The average Bonchev–Trinajstić information content (AvgIpc) is 2.37. The molecule has 0 unspecified atom stereocenters. The third-order valence-electron chi connectivity index (χ3n) is 4.06. The first-order valence-electron chi connectivity index (χ1n) is 7.64. The molecule has 0 aromatic rings. The molecule has 21 heavy (non-hydrogen) atoms. The Morgan fingerprint density at radius 1 is 1.19 bits per heavy atom. The van der Waals surface area contributed by atoms with Crippen molar-refractivity contribution in [3.05, 3.63) is 58.7 Å². The monoisotopic (exact) mass is 283 g/mol. The highest BCUT2D eigenvalue weighted by Gasteiger charge is 2.26. The summed E-state index contributed by atoms with van der Waals surface area (Å²) in [5, 5.41) is 0. The van der Waals surface area contributed by atoms with Crippen LogP contribution >= 0.6 is 0 Å². The van der Waals surface area contributed by atoms with Gasteiger partial charge in [-0.25, -0.2) is 0 Å². The van der Waals surface area contributed by atoms with Crippen molar-refractivity contribution < 1.29 is 4.79 Å². The summed E-state index contributed by atoms with van der Waals surface area (Å²) in [6, 6.07) is 0. The van der Waals surface area contributed by atoms with Crippen molar-refractivity contribution in [3.8, 4) is 0 Å². The van der Waals surface area contributed by atoms with Crippen LogP contribution in [0.5, 0.6) is 0 Å². The second-order valence-electron chi connectivity index (χ2n) is 6.54. The molecule has 0 bridgehead atoms. The fourth-order valence-corrected chi connectivity index (χ4v) is 2.77. The quantitative estimate of drug-likeness (QED) is 0.472. The highest BCUT2D eigenvalue weighted by atomic mass is 16.1. The van der Waals surface area contributed by atoms with E-state index in [2.05, 4.69) is 45.9 Å². The summed E-state index contributed by atoms with van der Waals surface area (Å²) in [4.78, 5) is 10.2. The van der Waals surface area contributed by atoms with Crippen molar-refractivity contribution in [3.63, 3.8) is 0 Å². The largest absolute Gasteiger partial charge is 0.286 e. The lowest BCUT2D eigenvalue weighted by Gasteiger charge is -2.32. The SMILES string of the molecule is CC(C=CC1=C(C)CCCC1(C)C)=CC=C/C(C)=C/[C]=O. The molecular weight excluding hydrogens is 256 g/mol. The molecule has 0 heterocycles. The van der Waals surface area contributed by atoms with Crippen molar-refractivity contribution in [1.82, 2.24) is 0 Å². The van der Waals surface area contributed by atoms with E-state index in [1.165, 1.54) is 42.1 Å². The van der Waals surface area contributed by atoms with Gasteiger partial charge in [0.15, 0.2) is 0 Å². The van der Waals surface area contributed by atoms with Crippen LogP contribution < -0.4 is 0 Å². The molecule has 0 amide bonds. The van der Waals surface area contributed by atoms with Gasteiger partial charge in [-0.2, -0.15) is 0 Å². The number of allylic oxidation sites excluding steroid dienone is 10. The van der Waals surface area contributed by atoms with Crippen molar-refractivity contribution in [2.45, 2.75) is 53.9 Å². The Labute approximate surface area is 129 Å². The van der Waals surface area contributed by atoms with E-state index in [0.29, 0.717) is 0 Å². The Balaban J connectivity index is 2.80. The van der Waals surface area contributed by atoms with Crippen molar-refractivity contribution in [1.29, 1.82) is 0 Å². The van der Waals surface area contributed by atoms with E-state index in [1.54, 1.807) is 6.29 Å². The summed E-state index contributed by atoms with van der Waals surface area (Å²) in [6.45, 7) is 10.9. The molecule has 0 saturated heterocycles. The van der Waals surface area contributed by atoms with Gasteiger partial charge in [0.1, 0.15) is 0 Å². The van der Waals surface area contributed by atoms with Gasteiger partial charge in [-0.1, -0.05) is 55.4 Å². The molecule has 0 saturated carbocycles. The van der Waals surface area contributed by atoms with Crippen LogP contribution in [0.1, 0.15) is 53.9 Å². The Bertz CT molecular complexity index is 522. The molecular formula is C20H27O. The highest BCUT2D eigenvalue weighted by molar-refractivity contribution is 5.67. The van der Waals surface area contributed by atoms with E-state index in [1.807, 2.05) is 19.1 Å². The molecule has 0 spiro atoms. The lowest BCUT2D eigenvalue weighted by molar-refractivity contribution is 0.377. The number of hydrogen-bond acceptors (Lipinski definition) is 1. The summed E-state index contributed by atoms with van der Waals surface area (Å²) in [6.07, 6.45) is 17.4. The molecule has 0 N–H and O–H groups in total. The molecule has 1 aliphatic rings. The maximum absolute atomic E-state index is 10.2. The van der Waals surface area contributed by atoms with Gasteiger partial charge >= 0.3 is 0 Å². The minimum Gasteiger partial charge on any atom is -0.286 e. The summed E-state index contributed by atoms with van der Waals surface area (Å²) in [7, 11) is 0. The van der Waals surface area contributed by atoms with Crippen LogP contribution in [0, 0.1) is 5.41 Å². The van der Waals surface area contributed by atoms with Gasteiger partial charge in [-0.05, 0) is 62.7 Å². The topological polar surface area (TPSA) is 17.1 Å². The molecule has 0 aromatic carbocycles. The fourth-order valence-electron chi connectivity index (χ4n) is 2.77. The van der Waals surface area contributed by atoms with Gasteiger partial charge < -0.3 is 0 Å². The van der Waals surface area contributed by atoms with Crippen molar-refractivity contribution in [2.24, 2.45) is 5.41 Å². The Morgan fingerprint density at radius 2 is 1.90 bits per heavy atom. The first-order chi connectivity index (χ1) is 9.86. The third-order valence-corrected chi connectivity index (χ3v) is 4.06. The maximum Gasteiger partial charge on any atom is 0.225 e. The zero-order chi connectivity index (χ0) is 15.9. The molecule has 1 aliphatic carbocycles. The highest BCUT2D eigenvalue weighted by Crippen LogP contribution is 2.40. The average molecular weight is 283 g/mol. The van der Waals surface area contributed by atoms with Crippen LogP contribution in [-0.4, -0.2) is 6.29 Å². The summed E-state index contributed by atoms with van der Waals surface area (Å²) < 4.78 is 0. The van der Waals surface area contributed by atoms with Gasteiger partial charge in [0, 0.05) is 0 Å². The van der Waals surface area contributed by atoms with E-state index >= 15 is 0 Å². The third kappa shape index (κ3) is 5.71. The molecule has 0 aliphatic heterocycles. The van der Waals surface area contributed by atoms with Gasteiger partial charge in [0.2, 0.25) is 6.29 Å². The van der Waals surface area contributed by atoms with Crippen LogP contribution in [0.3, 0.4) is 0 Å². The lowest BCUT2D eigenvalue weighted by Crippen LogP contribution is -2.19. The molecule has 1 rings (SSSR count). The van der Waals surface area contributed by atoms with E-state index in [9.17, 15) is 4.79 Å². The van der Waals surface area contributed by atoms with Crippen molar-refractivity contribution >= 4 is 6.29 Å². The fraction of sp³-hybridized carbons (Fsp3) is 0.450. The Hall–Kier alpha value is -1.63. The molecule has 113 valence electrons. The van der Waals surface area contributed by atoms with Crippen LogP contribution in [0.4, 0.5) is 0 Å². The second kappa shape index (κ2) is 7.97. The molecule has 1 nitrogen and oxygen atoms in total. The normalized spacial score (nSPS) is 20.6. The van der Waals surface area contributed by atoms with E-state index < -0.39 is 0 Å². The van der Waals surface area contributed by atoms with Gasteiger partial charge in [-0.15, -0.1) is 0 Å². The van der Waals surface area contributed by atoms with Gasteiger partial charge in [-0.3, -0.25) is 4.79 Å². The molecule has 1 heteroatoms. The zero-order valence-electron chi connectivity index (χ0n) is 14.0. The van der Waals surface area contributed by atoms with Crippen LogP contribution in [0.15, 0.2) is 58.7 Å². The maximum atomic E-state index is 10.2. The predicted octanol–water partition coefficient (Wildman–Crippen LogP) is 5.63. The molecule has 1 radical (unpaired) electrons. The first kappa shape index (κ1) is 17.4. The summed E-state index contributed by atoms with van der Waals surface area (Å²) in [5.74, 6) is 0. The smallest absolute Gasteiger partial charge is 0.225 e. The van der Waals surface area contributed by atoms with Gasteiger partial charge in [0.25, 0.3) is 0 Å². The minimum absolute atomic E-state index is 0.286. The number of carbonyl (C=O) groups excluding carboxylic acids is 1. The van der Waals surface area contributed by atoms with Crippen molar-refractivity contribution in [2.75, 3.05) is 0 Å². The summed E-state index contributed by atoms with van der Waals surface area (Å²) in [5.41, 5.74) is 5.40. The van der Waals surface area contributed by atoms with E-state index in [-0.39, 0.29) is 5.41 Å². The zero-order valence-corrected chi connectivity index (χ0v) is 14.0. The molecule has 0 aromatic heterocycles. The van der Waals surface area contributed by atoms with E-state index in [4.69, 9.17) is 0 Å². The van der Waals surface area contributed by atoms with Gasteiger partial charge in [0.05, 0.1) is 0 Å². The van der Waals surface area contributed by atoms with Crippen LogP contribution in [-0.2, 0) is 4.79 Å². The minimum atomic E-state index is 0.286.